The quantitative estimate of drug-likeness (QED) is 0.180. The first-order valence-electron chi connectivity index (χ1n) is 12.6. The summed E-state index contributed by atoms with van der Waals surface area (Å²) in [7, 11) is 0. The molecule has 0 N–H and O–H groups in total. The van der Waals surface area contributed by atoms with Gasteiger partial charge in [0, 0.05) is 44.4 Å². The summed E-state index contributed by atoms with van der Waals surface area (Å²) < 4.78 is 0. The van der Waals surface area contributed by atoms with Crippen LogP contribution < -0.4 is 0 Å². The van der Waals surface area contributed by atoms with Gasteiger partial charge in [0.25, 0.3) is 0 Å². The first-order valence-corrected chi connectivity index (χ1v) is 12.6. The Bertz CT molecular complexity index is 1470. The second-order valence-electron chi connectivity index (χ2n) is 10.5. The third kappa shape index (κ3) is 5.12. The van der Waals surface area contributed by atoms with Gasteiger partial charge in [0.2, 0.25) is 0 Å². The molecule has 0 atom stereocenters. The molecule has 0 saturated heterocycles. The third-order valence-electron chi connectivity index (χ3n) is 7.25. The fourth-order valence-corrected chi connectivity index (χ4v) is 5.31. The molecule has 2 aromatic carbocycles. The van der Waals surface area contributed by atoms with E-state index in [2.05, 4.69) is 86.1 Å². The molecule has 0 spiro atoms. The van der Waals surface area contributed by atoms with Crippen molar-refractivity contribution in [2.45, 2.75) is 45.4 Å². The summed E-state index contributed by atoms with van der Waals surface area (Å²) in [5.41, 5.74) is 10.3. The first kappa shape index (κ1) is 27.6. The molecule has 3 heterocycles. The fourth-order valence-electron chi connectivity index (χ4n) is 5.31. The van der Waals surface area contributed by atoms with Crippen LogP contribution in [0.2, 0.25) is 0 Å². The van der Waals surface area contributed by atoms with Crippen molar-refractivity contribution in [2.24, 2.45) is 0 Å². The molecule has 3 nitrogen and oxygen atoms in total. The third-order valence-corrected chi connectivity index (χ3v) is 7.25. The number of pyridine rings is 3. The van der Waals surface area contributed by atoms with Gasteiger partial charge in [-0.1, -0.05) is 52.0 Å². The average Bonchev–Trinajstić information content (AvgIpc) is 2.94. The average molecular weight is 674 g/mol. The molecule has 0 aliphatic heterocycles. The molecule has 1 aliphatic carbocycles. The molecule has 1 aliphatic rings. The van der Waals surface area contributed by atoms with Gasteiger partial charge in [-0.25, -0.2) is 0 Å². The van der Waals surface area contributed by atoms with Crippen LogP contribution in [0.5, 0.6) is 0 Å². The Morgan fingerprint density at radius 2 is 1.32 bits per heavy atom. The van der Waals surface area contributed by atoms with Crippen molar-refractivity contribution in [2.75, 3.05) is 0 Å². The van der Waals surface area contributed by atoms with Gasteiger partial charge in [-0.2, -0.15) is 0 Å². The minimum absolute atomic E-state index is 0. The molecule has 0 unspecified atom stereocenters. The molecular weight excluding hydrogens is 643 g/mol. The Kier molecular flexibility index (Phi) is 8.06. The van der Waals surface area contributed by atoms with Crippen LogP contribution in [0.1, 0.15) is 55.6 Å². The number of rotatable bonds is 2. The number of hydrogen-bond acceptors (Lipinski definition) is 3. The molecule has 0 amide bonds. The second kappa shape index (κ2) is 11.1. The summed E-state index contributed by atoms with van der Waals surface area (Å²) in [5, 5.41) is 0. The Labute approximate surface area is 239 Å². The predicted molar refractivity (Wildman–Crippen MR) is 150 cm³/mol. The van der Waals surface area contributed by atoms with Crippen LogP contribution in [-0.4, -0.2) is 15.0 Å². The van der Waals surface area contributed by atoms with Gasteiger partial charge in [0.05, 0.1) is 0 Å². The Morgan fingerprint density at radius 1 is 0.632 bits per heavy atom. The number of aryl methyl sites for hydroxylation is 1. The SMILES string of the molecule is Cc1cc2c(cn1)C(C)(C)c1cc[c-]c(-c3ccccn3)c1C2(C)C.[Ir].[c-]1ccccc1-c1ccccn1. The maximum absolute atomic E-state index is 4.60. The van der Waals surface area contributed by atoms with Crippen LogP contribution in [0.4, 0.5) is 0 Å². The Balaban J connectivity index is 0.000000218. The Hall–Kier alpha value is -3.46. The zero-order valence-electron chi connectivity index (χ0n) is 22.4. The standard InChI is InChI=1S/C23H23N2.C11H8N.Ir/c1-15-13-18-19(14-25-15)22(2,3)17-10-8-9-16(21(17)23(18,4)5)20-11-6-7-12-24-20;1-2-6-10(7-3-1)11-8-4-5-9-12-11;/h6-8,10-14H,1-5H3;1-6,8-9H;/q2*-1;. The van der Waals surface area contributed by atoms with Crippen molar-refractivity contribution in [3.05, 3.63) is 138 Å². The van der Waals surface area contributed by atoms with Gasteiger partial charge >= 0.3 is 0 Å². The van der Waals surface area contributed by atoms with Crippen molar-refractivity contribution in [1.82, 2.24) is 15.0 Å². The first-order chi connectivity index (χ1) is 17.8. The van der Waals surface area contributed by atoms with Crippen molar-refractivity contribution in [1.29, 1.82) is 0 Å². The summed E-state index contributed by atoms with van der Waals surface area (Å²) in [6.07, 6.45) is 5.70. The van der Waals surface area contributed by atoms with Crippen molar-refractivity contribution >= 4 is 0 Å². The zero-order valence-corrected chi connectivity index (χ0v) is 24.8. The molecule has 4 heteroatoms. The van der Waals surface area contributed by atoms with Gasteiger partial charge in [-0.05, 0) is 58.5 Å². The molecule has 6 rings (SSSR count). The molecule has 193 valence electrons. The van der Waals surface area contributed by atoms with Crippen LogP contribution in [-0.2, 0) is 30.9 Å². The van der Waals surface area contributed by atoms with E-state index in [1.54, 1.807) is 6.20 Å². The number of benzene rings is 2. The van der Waals surface area contributed by atoms with Crippen LogP contribution in [0.3, 0.4) is 0 Å². The van der Waals surface area contributed by atoms with Gasteiger partial charge in [-0.3, -0.25) is 4.98 Å². The summed E-state index contributed by atoms with van der Waals surface area (Å²) in [6.45, 7) is 11.3. The molecule has 5 aromatic rings. The molecule has 0 saturated carbocycles. The predicted octanol–water partition coefficient (Wildman–Crippen LogP) is 7.76. The summed E-state index contributed by atoms with van der Waals surface area (Å²) >= 11 is 0. The van der Waals surface area contributed by atoms with E-state index in [9.17, 15) is 0 Å². The summed E-state index contributed by atoms with van der Waals surface area (Å²) in [6, 6.07) is 32.9. The van der Waals surface area contributed by atoms with E-state index in [-0.39, 0.29) is 30.9 Å². The van der Waals surface area contributed by atoms with Crippen LogP contribution in [0.25, 0.3) is 22.5 Å². The van der Waals surface area contributed by atoms with Gasteiger partial charge < -0.3 is 9.97 Å². The van der Waals surface area contributed by atoms with Crippen molar-refractivity contribution < 1.29 is 20.1 Å². The van der Waals surface area contributed by atoms with E-state index in [1.165, 1.54) is 22.3 Å². The summed E-state index contributed by atoms with van der Waals surface area (Å²) in [4.78, 5) is 13.4. The zero-order chi connectivity index (χ0) is 26.0. The van der Waals surface area contributed by atoms with Crippen LogP contribution >= 0.6 is 0 Å². The van der Waals surface area contributed by atoms with Gasteiger partial charge in [0.15, 0.2) is 0 Å². The molecule has 0 fully saturated rings. The molecule has 0 bridgehead atoms. The van der Waals surface area contributed by atoms with E-state index in [0.717, 1.165) is 28.2 Å². The van der Waals surface area contributed by atoms with Crippen molar-refractivity contribution in [3.63, 3.8) is 0 Å². The maximum atomic E-state index is 4.60. The molecule has 38 heavy (non-hydrogen) atoms. The normalized spacial score (nSPS) is 14.1. The van der Waals surface area contributed by atoms with Crippen molar-refractivity contribution in [3.8, 4) is 22.5 Å². The fraction of sp³-hybridized carbons (Fsp3) is 0.206. The molecular formula is C34H31IrN3-2. The van der Waals surface area contributed by atoms with Gasteiger partial charge in [0.1, 0.15) is 0 Å². The summed E-state index contributed by atoms with van der Waals surface area (Å²) in [5.74, 6) is 0. The largest absolute Gasteiger partial charge is 0.305 e. The Morgan fingerprint density at radius 3 is 1.95 bits per heavy atom. The number of nitrogens with zero attached hydrogens (tertiary/aromatic N) is 3. The number of hydrogen-bond donors (Lipinski definition) is 0. The second-order valence-corrected chi connectivity index (χ2v) is 10.5. The topological polar surface area (TPSA) is 38.7 Å². The van der Waals surface area contributed by atoms with Gasteiger partial charge in [-0.15, -0.1) is 70.8 Å². The molecule has 1 radical (unpaired) electrons. The van der Waals surface area contributed by atoms with E-state index >= 15 is 0 Å². The smallest absolute Gasteiger partial charge is 0.0375 e. The van der Waals surface area contributed by atoms with Crippen LogP contribution in [0, 0.1) is 19.1 Å². The molecule has 3 aromatic heterocycles. The van der Waals surface area contributed by atoms with Crippen LogP contribution in [0.15, 0.2) is 97.5 Å². The number of fused-ring (bicyclic) bond motifs is 2. The maximum Gasteiger partial charge on any atom is 0.0375 e. The minimum atomic E-state index is -0.126. The monoisotopic (exact) mass is 674 g/mol. The van der Waals surface area contributed by atoms with E-state index in [4.69, 9.17) is 0 Å². The van der Waals surface area contributed by atoms with E-state index < -0.39 is 0 Å². The van der Waals surface area contributed by atoms with E-state index in [1.807, 2.05) is 66.9 Å². The number of aromatic nitrogens is 3. The van der Waals surface area contributed by atoms with E-state index in [0.29, 0.717) is 0 Å². The minimum Gasteiger partial charge on any atom is -0.305 e.